The number of halogens is 3. The molecular weight excluding hydrogens is 246 g/mol. The second kappa shape index (κ2) is 4.48. The van der Waals surface area contributed by atoms with Crippen molar-refractivity contribution in [3.05, 3.63) is 52.8 Å². The molecule has 84 valence electrons. The molecule has 0 radical (unpaired) electrons. The van der Waals surface area contributed by atoms with E-state index in [9.17, 15) is 8.78 Å². The largest absolute Gasteiger partial charge is 0.243 e. The average molecular weight is 251 g/mol. The zero-order valence-electron chi connectivity index (χ0n) is 8.42. The second-order valence-corrected chi connectivity index (χ2v) is 3.63. The molecule has 1 aromatic carbocycles. The second-order valence-electron chi connectivity index (χ2n) is 3.28. The molecule has 0 atom stereocenters. The third-order valence-electron chi connectivity index (χ3n) is 2.22. The molecule has 0 aliphatic heterocycles. The minimum atomic E-state index is -0.972. The lowest BCUT2D eigenvalue weighted by Gasteiger charge is -2.04. The number of rotatable bonds is 1. The maximum Gasteiger partial charge on any atom is 0.166 e. The van der Waals surface area contributed by atoms with Gasteiger partial charge in [-0.05, 0) is 12.1 Å². The van der Waals surface area contributed by atoms with Gasteiger partial charge in [0.25, 0.3) is 0 Å². The van der Waals surface area contributed by atoms with Crippen LogP contribution in [0.3, 0.4) is 0 Å². The van der Waals surface area contributed by atoms with Crippen LogP contribution in [0.25, 0.3) is 11.1 Å². The SMILES string of the molecule is N#Cc1cc(-c2cccc(F)c2F)cnc1Cl. The normalized spacial score (nSPS) is 10.0. The molecule has 0 aliphatic carbocycles. The lowest BCUT2D eigenvalue weighted by molar-refractivity contribution is 0.511. The Balaban J connectivity index is 2.62. The number of pyridine rings is 1. The number of hydrogen-bond acceptors (Lipinski definition) is 2. The molecule has 0 aliphatic rings. The van der Waals surface area contributed by atoms with Crippen molar-refractivity contribution in [1.29, 1.82) is 5.26 Å². The summed E-state index contributed by atoms with van der Waals surface area (Å²) in [4.78, 5) is 3.75. The van der Waals surface area contributed by atoms with Crippen molar-refractivity contribution in [3.8, 4) is 17.2 Å². The van der Waals surface area contributed by atoms with Gasteiger partial charge in [-0.25, -0.2) is 13.8 Å². The molecule has 2 nitrogen and oxygen atoms in total. The van der Waals surface area contributed by atoms with Crippen LogP contribution in [0.5, 0.6) is 0 Å². The summed E-state index contributed by atoms with van der Waals surface area (Å²) in [5.74, 6) is -1.92. The molecule has 0 N–H and O–H groups in total. The highest BCUT2D eigenvalue weighted by Gasteiger charge is 2.11. The van der Waals surface area contributed by atoms with Crippen LogP contribution in [0.1, 0.15) is 5.56 Å². The highest BCUT2D eigenvalue weighted by atomic mass is 35.5. The van der Waals surface area contributed by atoms with Gasteiger partial charge < -0.3 is 0 Å². The summed E-state index contributed by atoms with van der Waals surface area (Å²) in [5, 5.41) is 8.81. The van der Waals surface area contributed by atoms with Gasteiger partial charge in [-0.3, -0.25) is 0 Å². The maximum absolute atomic E-state index is 13.5. The van der Waals surface area contributed by atoms with Crippen molar-refractivity contribution in [3.63, 3.8) is 0 Å². The van der Waals surface area contributed by atoms with Crippen molar-refractivity contribution in [2.45, 2.75) is 0 Å². The molecule has 1 heterocycles. The molecule has 5 heteroatoms. The van der Waals surface area contributed by atoms with E-state index >= 15 is 0 Å². The minimum Gasteiger partial charge on any atom is -0.243 e. The van der Waals surface area contributed by atoms with Crippen LogP contribution < -0.4 is 0 Å². The quantitative estimate of drug-likeness (QED) is 0.726. The topological polar surface area (TPSA) is 36.7 Å². The third-order valence-corrected chi connectivity index (χ3v) is 2.52. The summed E-state index contributed by atoms with van der Waals surface area (Å²) in [5.41, 5.74) is 0.474. The first-order valence-electron chi connectivity index (χ1n) is 4.63. The number of nitriles is 1. The van der Waals surface area contributed by atoms with Gasteiger partial charge in [0.1, 0.15) is 11.2 Å². The van der Waals surface area contributed by atoms with Crippen LogP contribution in [-0.4, -0.2) is 4.98 Å². The van der Waals surface area contributed by atoms with Crippen molar-refractivity contribution >= 4 is 11.6 Å². The zero-order valence-corrected chi connectivity index (χ0v) is 9.17. The Morgan fingerprint density at radius 2 is 2.06 bits per heavy atom. The molecule has 0 saturated heterocycles. The van der Waals surface area contributed by atoms with Crippen molar-refractivity contribution in [2.24, 2.45) is 0 Å². The molecule has 0 bridgehead atoms. The summed E-state index contributed by atoms with van der Waals surface area (Å²) < 4.78 is 26.5. The van der Waals surface area contributed by atoms with E-state index in [1.165, 1.54) is 24.4 Å². The molecule has 0 saturated carbocycles. The van der Waals surface area contributed by atoms with E-state index in [1.807, 2.05) is 6.07 Å². The smallest absolute Gasteiger partial charge is 0.166 e. The predicted molar refractivity (Wildman–Crippen MR) is 59.3 cm³/mol. The van der Waals surface area contributed by atoms with Crippen molar-refractivity contribution in [2.75, 3.05) is 0 Å². The van der Waals surface area contributed by atoms with E-state index in [0.29, 0.717) is 5.56 Å². The predicted octanol–water partition coefficient (Wildman–Crippen LogP) is 3.55. The fourth-order valence-corrected chi connectivity index (χ4v) is 1.55. The Bertz CT molecular complexity index is 620. The third kappa shape index (κ3) is 2.10. The Labute approximate surface area is 101 Å². The zero-order chi connectivity index (χ0) is 12.4. The van der Waals surface area contributed by atoms with Crippen LogP contribution in [-0.2, 0) is 0 Å². The van der Waals surface area contributed by atoms with E-state index in [1.54, 1.807) is 0 Å². The van der Waals surface area contributed by atoms with E-state index in [4.69, 9.17) is 16.9 Å². The molecule has 0 amide bonds. The summed E-state index contributed by atoms with van der Waals surface area (Å²) in [7, 11) is 0. The fraction of sp³-hybridized carbons (Fsp3) is 0. The Morgan fingerprint density at radius 1 is 1.29 bits per heavy atom. The highest BCUT2D eigenvalue weighted by molar-refractivity contribution is 6.30. The Kier molecular flexibility index (Phi) is 3.03. The maximum atomic E-state index is 13.5. The van der Waals surface area contributed by atoms with Crippen LogP contribution in [0, 0.1) is 23.0 Å². The van der Waals surface area contributed by atoms with Gasteiger partial charge in [0.05, 0.1) is 5.56 Å². The summed E-state index contributed by atoms with van der Waals surface area (Å²) in [6.07, 6.45) is 1.29. The lowest BCUT2D eigenvalue weighted by atomic mass is 10.1. The standard InChI is InChI=1S/C12H5ClF2N2/c13-12-7(5-16)4-8(6-17-12)9-2-1-3-10(14)11(9)15/h1-4,6H. The van der Waals surface area contributed by atoms with Crippen molar-refractivity contribution in [1.82, 2.24) is 4.98 Å². The monoisotopic (exact) mass is 250 g/mol. The number of nitrogens with zero attached hydrogens (tertiary/aromatic N) is 2. The molecule has 0 fully saturated rings. The van der Waals surface area contributed by atoms with E-state index in [2.05, 4.69) is 4.98 Å². The molecule has 0 unspecified atom stereocenters. The highest BCUT2D eigenvalue weighted by Crippen LogP contribution is 2.26. The van der Waals surface area contributed by atoms with Gasteiger partial charge in [0.2, 0.25) is 0 Å². The van der Waals surface area contributed by atoms with Crippen molar-refractivity contribution < 1.29 is 8.78 Å². The first-order chi connectivity index (χ1) is 8.13. The molecule has 2 rings (SSSR count). The molecule has 17 heavy (non-hydrogen) atoms. The number of hydrogen-bond donors (Lipinski definition) is 0. The number of benzene rings is 1. The minimum absolute atomic E-state index is 0.0352. The Hall–Kier alpha value is -1.99. The van der Waals surface area contributed by atoms with Gasteiger partial charge in [-0.1, -0.05) is 23.7 Å². The molecule has 2 aromatic rings. The summed E-state index contributed by atoms with van der Waals surface area (Å²) in [6, 6.07) is 7.01. The molecule has 1 aromatic heterocycles. The summed E-state index contributed by atoms with van der Waals surface area (Å²) in [6.45, 7) is 0. The first-order valence-corrected chi connectivity index (χ1v) is 5.01. The average Bonchev–Trinajstić information content (AvgIpc) is 2.34. The van der Waals surface area contributed by atoms with Crippen LogP contribution in [0.4, 0.5) is 8.78 Å². The van der Waals surface area contributed by atoms with E-state index in [0.717, 1.165) is 6.07 Å². The number of aromatic nitrogens is 1. The van der Waals surface area contributed by atoms with Crippen LogP contribution in [0.15, 0.2) is 30.5 Å². The molecular formula is C12H5ClF2N2. The van der Waals surface area contributed by atoms with Gasteiger partial charge in [-0.15, -0.1) is 0 Å². The van der Waals surface area contributed by atoms with E-state index < -0.39 is 11.6 Å². The fourth-order valence-electron chi connectivity index (χ4n) is 1.40. The van der Waals surface area contributed by atoms with E-state index in [-0.39, 0.29) is 16.3 Å². The Morgan fingerprint density at radius 3 is 2.76 bits per heavy atom. The van der Waals surface area contributed by atoms with Gasteiger partial charge in [-0.2, -0.15) is 5.26 Å². The lowest BCUT2D eigenvalue weighted by Crippen LogP contribution is -1.91. The van der Waals surface area contributed by atoms with Gasteiger partial charge in [0, 0.05) is 17.3 Å². The molecule has 0 spiro atoms. The first kappa shape index (κ1) is 11.5. The van der Waals surface area contributed by atoms with Gasteiger partial charge >= 0.3 is 0 Å². The van der Waals surface area contributed by atoms with Crippen LogP contribution >= 0.6 is 11.6 Å². The summed E-state index contributed by atoms with van der Waals surface area (Å²) >= 11 is 5.65. The van der Waals surface area contributed by atoms with Crippen LogP contribution in [0.2, 0.25) is 5.15 Å². The van der Waals surface area contributed by atoms with Gasteiger partial charge in [0.15, 0.2) is 11.6 Å².